The van der Waals surface area contributed by atoms with E-state index in [0.29, 0.717) is 58.4 Å². The fourth-order valence-electron chi connectivity index (χ4n) is 11.1. The lowest BCUT2D eigenvalue weighted by atomic mass is 8.92. The Labute approximate surface area is 233 Å². The molecule has 2 saturated heterocycles. The van der Waals surface area contributed by atoms with Gasteiger partial charge in [-0.25, -0.2) is 4.98 Å². The van der Waals surface area contributed by atoms with Gasteiger partial charge in [-0.2, -0.15) is 5.26 Å². The summed E-state index contributed by atoms with van der Waals surface area (Å²) < 4.78 is 6.47. The van der Waals surface area contributed by atoms with Crippen LogP contribution in [0.3, 0.4) is 0 Å². The van der Waals surface area contributed by atoms with Crippen LogP contribution in [0.1, 0.15) is 25.3 Å². The van der Waals surface area contributed by atoms with Crippen molar-refractivity contribution >= 4 is 23.7 Å². The number of Topliss-reactive ketones (excluding diaryl/α,β-unsaturated/α-hetero) is 1. The summed E-state index contributed by atoms with van der Waals surface area (Å²) in [7, 11) is 0. The van der Waals surface area contributed by atoms with E-state index < -0.39 is 0 Å². The van der Waals surface area contributed by atoms with Gasteiger partial charge in [0.05, 0.1) is 35.9 Å². The molecule has 0 N–H and O–H groups in total. The van der Waals surface area contributed by atoms with Crippen LogP contribution < -0.4 is 4.90 Å². The number of carbonyl (C=O) groups excluding carboxylic acids is 2. The Morgan fingerprint density at radius 3 is 2.52 bits per heavy atom. The number of nitriles is 1. The van der Waals surface area contributed by atoms with Crippen LogP contribution in [-0.2, 0) is 14.3 Å². The van der Waals surface area contributed by atoms with Crippen LogP contribution in [0.15, 0.2) is 34.6 Å². The fourth-order valence-corrected chi connectivity index (χ4v) is 11.1. The second-order valence-corrected chi connectivity index (χ2v) is 13.4. The Hall–Kier alpha value is -3.25. The highest BCUT2D eigenvalue weighted by molar-refractivity contribution is 6.05. The minimum Gasteiger partial charge on any atom is -0.379 e. The normalized spacial score (nSPS) is 42.9. The first-order valence-electron chi connectivity index (χ1n) is 15.0. The molecule has 1 aromatic rings. The van der Waals surface area contributed by atoms with Gasteiger partial charge in [-0.1, -0.05) is 0 Å². The Morgan fingerprint density at radius 2 is 1.85 bits per heavy atom. The van der Waals surface area contributed by atoms with Crippen LogP contribution in [0.4, 0.5) is 5.82 Å². The van der Waals surface area contributed by atoms with E-state index in [4.69, 9.17) is 10.00 Å². The van der Waals surface area contributed by atoms with Gasteiger partial charge in [0.15, 0.2) is 5.78 Å². The molecule has 0 spiro atoms. The molecule has 1 atom stereocenters. The zero-order chi connectivity index (χ0) is 27.0. The molecule has 10 rings (SSSR count). The highest BCUT2D eigenvalue weighted by Crippen LogP contribution is 3.10. The maximum atomic E-state index is 13.8. The molecule has 9 heteroatoms. The van der Waals surface area contributed by atoms with E-state index in [2.05, 4.69) is 30.7 Å². The number of allylic oxidation sites excluding steroid dienone is 1. The van der Waals surface area contributed by atoms with E-state index in [9.17, 15) is 9.59 Å². The molecule has 6 aliphatic carbocycles. The third kappa shape index (κ3) is 2.43. The number of amides is 1. The van der Waals surface area contributed by atoms with Crippen molar-refractivity contribution in [3.63, 3.8) is 0 Å². The molecule has 9 aliphatic rings. The molecule has 0 bridgehead atoms. The Bertz CT molecular complexity index is 1380. The van der Waals surface area contributed by atoms with E-state index in [0.717, 1.165) is 75.9 Å². The first kappa shape index (κ1) is 23.5. The lowest BCUT2D eigenvalue weighted by molar-refractivity contribution is -0.645. The molecule has 4 heterocycles. The predicted octanol–water partition coefficient (Wildman–Crippen LogP) is 1.75. The van der Waals surface area contributed by atoms with Crippen molar-refractivity contribution in [1.82, 2.24) is 14.8 Å². The summed E-state index contributed by atoms with van der Waals surface area (Å²) in [6.07, 6.45) is 5.73. The average molecular weight is 539 g/mol. The number of piperazine rings is 1. The van der Waals surface area contributed by atoms with Crippen LogP contribution in [0.2, 0.25) is 0 Å². The molecule has 0 aromatic carbocycles. The summed E-state index contributed by atoms with van der Waals surface area (Å²) in [4.78, 5) is 41.4. The van der Waals surface area contributed by atoms with Crippen molar-refractivity contribution in [2.24, 2.45) is 51.3 Å². The number of dihydropyridines is 1. The first-order valence-corrected chi connectivity index (χ1v) is 15.0. The monoisotopic (exact) mass is 538 g/mol. The molecule has 1 amide bonds. The lowest BCUT2D eigenvalue weighted by Gasteiger charge is -3.10. The average Bonchev–Trinajstić information content (AvgIpc) is 3.46. The number of likely N-dealkylation sites (tertiary alicyclic amines) is 1. The minimum atomic E-state index is -0.0181. The number of nitrogens with zero attached hydrogens (tertiary/aromatic N) is 6. The van der Waals surface area contributed by atoms with Gasteiger partial charge in [-0.3, -0.25) is 14.6 Å². The molecule has 9 nitrogen and oxygen atoms in total. The molecule has 1 aromatic heterocycles. The van der Waals surface area contributed by atoms with Crippen LogP contribution in [0, 0.1) is 57.7 Å². The van der Waals surface area contributed by atoms with Gasteiger partial charge in [0.25, 0.3) is 0 Å². The summed E-state index contributed by atoms with van der Waals surface area (Å²) in [5.41, 5.74) is 2.76. The van der Waals surface area contributed by atoms with Crippen molar-refractivity contribution in [2.75, 3.05) is 57.4 Å². The van der Waals surface area contributed by atoms with Crippen molar-refractivity contribution < 1.29 is 14.3 Å². The quantitative estimate of drug-likeness (QED) is 0.521. The van der Waals surface area contributed by atoms with Crippen molar-refractivity contribution in [3.8, 4) is 6.07 Å². The predicted molar refractivity (Wildman–Crippen MR) is 145 cm³/mol. The smallest absolute Gasteiger partial charge is 0.229 e. The maximum absolute atomic E-state index is 13.8. The number of pyridine rings is 1. The van der Waals surface area contributed by atoms with Crippen LogP contribution in [-0.4, -0.2) is 91.2 Å². The highest BCUT2D eigenvalue weighted by atomic mass is 16.5. The second-order valence-electron chi connectivity index (χ2n) is 13.4. The third-order valence-electron chi connectivity index (χ3n) is 12.6. The van der Waals surface area contributed by atoms with Crippen molar-refractivity contribution in [1.29, 1.82) is 5.26 Å². The Kier molecular flexibility index (Phi) is 4.53. The SMILES string of the molecule is CC1=C(N2CCC[C@H]2COCC23C4C5C2C2C3C4C52C(=O)N2CCN(c3ccc(C#N)cn3)CC2)C=NCC1=O. The molecule has 8 fully saturated rings. The maximum Gasteiger partial charge on any atom is 0.229 e. The fraction of sp³-hybridized carbons (Fsp3) is 0.645. The number of aromatic nitrogens is 1. The van der Waals surface area contributed by atoms with Gasteiger partial charge in [-0.15, -0.1) is 0 Å². The summed E-state index contributed by atoms with van der Waals surface area (Å²) in [6.45, 7) is 7.84. The molecule has 0 unspecified atom stereocenters. The van der Waals surface area contributed by atoms with E-state index >= 15 is 0 Å². The Balaban J connectivity index is 0.800. The minimum absolute atomic E-state index is 0.0181. The van der Waals surface area contributed by atoms with Gasteiger partial charge in [0, 0.05) is 56.1 Å². The molecule has 3 aliphatic heterocycles. The summed E-state index contributed by atoms with van der Waals surface area (Å²) in [5, 5.41) is 9.02. The number of carbonyl (C=O) groups is 2. The lowest BCUT2D eigenvalue weighted by Crippen LogP contribution is -3.11. The summed E-state index contributed by atoms with van der Waals surface area (Å²) >= 11 is 0. The van der Waals surface area contributed by atoms with Crippen LogP contribution in [0.25, 0.3) is 0 Å². The highest BCUT2D eigenvalue weighted by Gasteiger charge is 3.11. The zero-order valence-corrected chi connectivity index (χ0v) is 22.8. The number of hydrogen-bond acceptors (Lipinski definition) is 8. The number of ketones is 1. The van der Waals surface area contributed by atoms with Crippen molar-refractivity contribution in [2.45, 2.75) is 25.8 Å². The van der Waals surface area contributed by atoms with Crippen molar-refractivity contribution in [3.05, 3.63) is 35.2 Å². The Morgan fingerprint density at radius 1 is 1.10 bits per heavy atom. The number of rotatable bonds is 7. The first-order chi connectivity index (χ1) is 19.5. The standard InChI is InChI=1S/C31H34N6O3/c1-17-20(13-33-14-21(17)38)37-6-2-3-19(37)15-40-16-30-23-26-24(30)28-25(30)27(23)31(26,28)29(39)36-9-7-35(8-10-36)22-5-4-18(11-32)12-34-22/h4-5,12-13,19,23-28H,2-3,6-10,14-16H2,1H3/t19-,23?,24?,25?,26?,27?,28?,30?,31?/m0/s1. The molecular formula is C31H34N6O3. The zero-order valence-electron chi connectivity index (χ0n) is 22.8. The molecule has 0 radical (unpaired) electrons. The third-order valence-corrected chi connectivity index (χ3v) is 12.6. The van der Waals surface area contributed by atoms with Gasteiger partial charge < -0.3 is 19.4 Å². The molecule has 40 heavy (non-hydrogen) atoms. The second kappa shape index (κ2) is 7.73. The summed E-state index contributed by atoms with van der Waals surface area (Å²) in [5.74, 6) is 5.44. The van der Waals surface area contributed by atoms with Crippen LogP contribution >= 0.6 is 0 Å². The molecular weight excluding hydrogens is 504 g/mol. The largest absolute Gasteiger partial charge is 0.379 e. The van der Waals surface area contributed by atoms with Crippen LogP contribution in [0.5, 0.6) is 0 Å². The van der Waals surface area contributed by atoms with E-state index in [1.165, 1.54) is 0 Å². The van der Waals surface area contributed by atoms with E-state index in [-0.39, 0.29) is 17.7 Å². The number of aliphatic imine (C=N–C) groups is 1. The van der Waals surface area contributed by atoms with E-state index in [1.807, 2.05) is 25.3 Å². The number of anilines is 1. The van der Waals surface area contributed by atoms with E-state index in [1.54, 1.807) is 6.20 Å². The van der Waals surface area contributed by atoms with Gasteiger partial charge in [0.2, 0.25) is 5.91 Å². The summed E-state index contributed by atoms with van der Waals surface area (Å²) in [6, 6.07) is 6.16. The molecule has 6 saturated carbocycles. The molecule has 206 valence electrons. The van der Waals surface area contributed by atoms with Gasteiger partial charge in [0.1, 0.15) is 18.4 Å². The number of ether oxygens (including phenoxy) is 1. The topological polar surface area (TPSA) is 102 Å². The van der Waals surface area contributed by atoms with Gasteiger partial charge >= 0.3 is 0 Å². The van der Waals surface area contributed by atoms with Gasteiger partial charge in [-0.05, 0) is 67.4 Å². The number of hydrogen-bond donors (Lipinski definition) is 0.